The van der Waals surface area contributed by atoms with E-state index >= 15 is 0 Å². The zero-order valence-electron chi connectivity index (χ0n) is 10.3. The Morgan fingerprint density at radius 2 is 2.00 bits per heavy atom. The average molecular weight is 218 g/mol. The van der Waals surface area contributed by atoms with Crippen LogP contribution in [0, 0.1) is 0 Å². The van der Waals surface area contributed by atoms with Crippen LogP contribution in [0.5, 0.6) is 5.75 Å². The molecule has 0 saturated heterocycles. The van der Waals surface area contributed by atoms with E-state index < -0.39 is 0 Å². The van der Waals surface area contributed by atoms with Crippen molar-refractivity contribution < 1.29 is 9.53 Å². The van der Waals surface area contributed by atoms with Gasteiger partial charge in [0.25, 0.3) is 0 Å². The molecule has 0 radical (unpaired) electrons. The van der Waals surface area contributed by atoms with Crippen LogP contribution in [-0.2, 0) is 6.42 Å². The van der Waals surface area contributed by atoms with Crippen molar-refractivity contribution in [1.82, 2.24) is 0 Å². The van der Waals surface area contributed by atoms with Gasteiger partial charge in [-0.3, -0.25) is 4.79 Å². The summed E-state index contributed by atoms with van der Waals surface area (Å²) in [6, 6.07) is 5.55. The van der Waals surface area contributed by atoms with Gasteiger partial charge in [0.2, 0.25) is 0 Å². The second-order valence-electron chi connectivity index (χ2n) is 4.07. The lowest BCUT2D eigenvalue weighted by atomic mass is 10.0. The largest absolute Gasteiger partial charge is 0.496 e. The van der Waals surface area contributed by atoms with E-state index in [1.54, 1.807) is 20.1 Å². The molecule has 0 fully saturated rings. The summed E-state index contributed by atoms with van der Waals surface area (Å²) in [6.45, 7) is 5.69. The van der Waals surface area contributed by atoms with E-state index in [4.69, 9.17) is 4.74 Å². The lowest BCUT2D eigenvalue weighted by Gasteiger charge is -2.08. The molecule has 0 heterocycles. The molecule has 0 aliphatic heterocycles. The molecule has 0 aromatic heterocycles. The van der Waals surface area contributed by atoms with Gasteiger partial charge in [-0.25, -0.2) is 0 Å². The molecule has 0 aliphatic carbocycles. The van der Waals surface area contributed by atoms with Crippen LogP contribution in [0.3, 0.4) is 0 Å². The Morgan fingerprint density at radius 1 is 1.31 bits per heavy atom. The zero-order chi connectivity index (χ0) is 12.1. The number of rotatable bonds is 4. The summed E-state index contributed by atoms with van der Waals surface area (Å²) >= 11 is 0. The van der Waals surface area contributed by atoms with Crippen molar-refractivity contribution in [3.05, 3.63) is 41.0 Å². The number of methoxy groups -OCH3 is 1. The third-order valence-electron chi connectivity index (χ3n) is 2.42. The van der Waals surface area contributed by atoms with Gasteiger partial charge in [-0.05, 0) is 51.0 Å². The third-order valence-corrected chi connectivity index (χ3v) is 2.42. The van der Waals surface area contributed by atoms with Crippen LogP contribution in [0.25, 0.3) is 0 Å². The SMILES string of the molecule is COc1ccc(C(C)=O)cc1CC=C(C)C. The molecule has 1 rings (SSSR count). The first-order valence-corrected chi connectivity index (χ1v) is 5.36. The Kier molecular flexibility index (Phi) is 4.29. The summed E-state index contributed by atoms with van der Waals surface area (Å²) in [5.41, 5.74) is 3.05. The third kappa shape index (κ3) is 3.23. The smallest absolute Gasteiger partial charge is 0.159 e. The first-order chi connectivity index (χ1) is 7.54. The van der Waals surface area contributed by atoms with Crippen LogP contribution in [0.15, 0.2) is 29.8 Å². The first kappa shape index (κ1) is 12.5. The van der Waals surface area contributed by atoms with Gasteiger partial charge in [0.1, 0.15) is 5.75 Å². The zero-order valence-corrected chi connectivity index (χ0v) is 10.3. The number of carbonyl (C=O) groups is 1. The molecule has 16 heavy (non-hydrogen) atoms. The fourth-order valence-corrected chi connectivity index (χ4v) is 1.47. The molecular formula is C14H18O2. The maximum absolute atomic E-state index is 11.3. The lowest BCUT2D eigenvalue weighted by molar-refractivity contribution is 0.101. The van der Waals surface area contributed by atoms with Crippen molar-refractivity contribution in [3.63, 3.8) is 0 Å². The minimum atomic E-state index is 0.0844. The fraction of sp³-hybridized carbons (Fsp3) is 0.357. The highest BCUT2D eigenvalue weighted by molar-refractivity contribution is 5.94. The van der Waals surface area contributed by atoms with Crippen LogP contribution in [0.2, 0.25) is 0 Å². The molecule has 2 heteroatoms. The molecule has 0 N–H and O–H groups in total. The van der Waals surface area contributed by atoms with Crippen molar-refractivity contribution in [2.24, 2.45) is 0 Å². The second-order valence-corrected chi connectivity index (χ2v) is 4.07. The molecule has 0 amide bonds. The first-order valence-electron chi connectivity index (χ1n) is 5.36. The van der Waals surface area contributed by atoms with E-state index in [1.807, 2.05) is 12.1 Å². The van der Waals surface area contributed by atoms with Crippen LogP contribution in [-0.4, -0.2) is 12.9 Å². The Labute approximate surface area is 96.9 Å². The Hall–Kier alpha value is -1.57. The summed E-state index contributed by atoms with van der Waals surface area (Å²) in [6.07, 6.45) is 2.92. The van der Waals surface area contributed by atoms with E-state index in [1.165, 1.54) is 5.57 Å². The Morgan fingerprint density at radius 3 is 2.50 bits per heavy atom. The van der Waals surface area contributed by atoms with Gasteiger partial charge in [-0.2, -0.15) is 0 Å². The van der Waals surface area contributed by atoms with E-state index in [9.17, 15) is 4.79 Å². The molecule has 0 spiro atoms. The number of carbonyl (C=O) groups excluding carboxylic acids is 1. The normalized spacial score (nSPS) is 9.75. The van der Waals surface area contributed by atoms with Gasteiger partial charge in [0.15, 0.2) is 5.78 Å². The van der Waals surface area contributed by atoms with Gasteiger partial charge in [0, 0.05) is 5.56 Å². The average Bonchev–Trinajstić information content (AvgIpc) is 2.25. The molecule has 1 aromatic carbocycles. The topological polar surface area (TPSA) is 26.3 Å². The lowest BCUT2D eigenvalue weighted by Crippen LogP contribution is -1.97. The van der Waals surface area contributed by atoms with Gasteiger partial charge < -0.3 is 4.74 Å². The van der Waals surface area contributed by atoms with Crippen LogP contribution < -0.4 is 4.74 Å². The molecule has 0 bridgehead atoms. The van der Waals surface area contributed by atoms with Crippen molar-refractivity contribution in [3.8, 4) is 5.75 Å². The summed E-state index contributed by atoms with van der Waals surface area (Å²) in [5, 5.41) is 0. The highest BCUT2D eigenvalue weighted by Gasteiger charge is 2.05. The van der Waals surface area contributed by atoms with Gasteiger partial charge in [-0.1, -0.05) is 11.6 Å². The molecule has 0 aliphatic rings. The summed E-state index contributed by atoms with van der Waals surface area (Å²) < 4.78 is 5.27. The number of allylic oxidation sites excluding steroid dienone is 2. The Bertz CT molecular complexity index is 413. The van der Waals surface area contributed by atoms with Gasteiger partial charge in [-0.15, -0.1) is 0 Å². The van der Waals surface area contributed by atoms with Crippen molar-refractivity contribution in [1.29, 1.82) is 0 Å². The fourth-order valence-electron chi connectivity index (χ4n) is 1.47. The van der Waals surface area contributed by atoms with E-state index in [0.717, 1.165) is 23.3 Å². The predicted molar refractivity (Wildman–Crippen MR) is 66.1 cm³/mol. The number of hydrogen-bond donors (Lipinski definition) is 0. The van der Waals surface area contributed by atoms with Crippen molar-refractivity contribution in [2.45, 2.75) is 27.2 Å². The molecule has 1 aromatic rings. The predicted octanol–water partition coefficient (Wildman–Crippen LogP) is 3.41. The maximum Gasteiger partial charge on any atom is 0.159 e. The monoisotopic (exact) mass is 218 g/mol. The molecule has 0 unspecified atom stereocenters. The number of hydrogen-bond acceptors (Lipinski definition) is 2. The van der Waals surface area contributed by atoms with Crippen LogP contribution >= 0.6 is 0 Å². The highest BCUT2D eigenvalue weighted by atomic mass is 16.5. The van der Waals surface area contributed by atoms with Crippen molar-refractivity contribution in [2.75, 3.05) is 7.11 Å². The molecule has 86 valence electrons. The van der Waals surface area contributed by atoms with Crippen LogP contribution in [0.4, 0.5) is 0 Å². The summed E-state index contributed by atoms with van der Waals surface area (Å²) in [4.78, 5) is 11.3. The molecule has 0 saturated carbocycles. The quantitative estimate of drug-likeness (QED) is 0.572. The molecule has 0 atom stereocenters. The molecule has 2 nitrogen and oxygen atoms in total. The Balaban J connectivity index is 3.07. The van der Waals surface area contributed by atoms with Crippen LogP contribution in [0.1, 0.15) is 36.7 Å². The van der Waals surface area contributed by atoms with Gasteiger partial charge in [0.05, 0.1) is 7.11 Å². The highest BCUT2D eigenvalue weighted by Crippen LogP contribution is 2.21. The van der Waals surface area contributed by atoms with E-state index in [0.29, 0.717) is 0 Å². The number of ether oxygens (including phenoxy) is 1. The number of ketones is 1. The van der Waals surface area contributed by atoms with Gasteiger partial charge >= 0.3 is 0 Å². The van der Waals surface area contributed by atoms with Crippen molar-refractivity contribution >= 4 is 5.78 Å². The summed E-state index contributed by atoms with van der Waals surface area (Å²) in [5.74, 6) is 0.920. The standard InChI is InChI=1S/C14H18O2/c1-10(2)5-6-13-9-12(11(3)15)7-8-14(13)16-4/h5,7-9H,6H2,1-4H3. The minimum Gasteiger partial charge on any atom is -0.496 e. The second kappa shape index (κ2) is 5.50. The van der Waals surface area contributed by atoms with E-state index in [2.05, 4.69) is 19.9 Å². The summed E-state index contributed by atoms with van der Waals surface area (Å²) in [7, 11) is 1.65. The number of benzene rings is 1. The van der Waals surface area contributed by atoms with E-state index in [-0.39, 0.29) is 5.78 Å². The minimum absolute atomic E-state index is 0.0844. The maximum atomic E-state index is 11.3. The molecular weight excluding hydrogens is 200 g/mol. The number of Topliss-reactive ketones (excluding diaryl/α,β-unsaturated/α-hetero) is 1.